The lowest BCUT2D eigenvalue weighted by molar-refractivity contribution is -0.119. The van der Waals surface area contributed by atoms with Crippen LogP contribution < -0.4 is 16.2 Å². The Balaban J connectivity index is 1.36. The SMILES string of the molecule is CC(c1cc(F)c[nH]c1=O)n1cc(NC(=O)[C@@H](NC(=O)c2ccnn2C(C)C)C(C2CC2)C2CC2)nn1. The molecule has 0 bridgehead atoms. The van der Waals surface area contributed by atoms with Crippen LogP contribution >= 0.6 is 0 Å². The molecule has 1 unspecified atom stereocenters. The number of nitrogens with zero attached hydrogens (tertiary/aromatic N) is 5. The molecule has 2 saturated carbocycles. The third-order valence-corrected chi connectivity index (χ3v) is 7.18. The minimum Gasteiger partial charge on any atom is -0.339 e. The number of carbonyl (C=O) groups is 2. The van der Waals surface area contributed by atoms with Crippen LogP contribution in [-0.4, -0.2) is 47.6 Å². The van der Waals surface area contributed by atoms with Crippen molar-refractivity contribution < 1.29 is 14.0 Å². The fourth-order valence-electron chi connectivity index (χ4n) is 5.00. The molecule has 0 aromatic carbocycles. The van der Waals surface area contributed by atoms with E-state index in [1.165, 1.54) is 10.9 Å². The van der Waals surface area contributed by atoms with Crippen LogP contribution in [0.3, 0.4) is 0 Å². The van der Waals surface area contributed by atoms with E-state index in [9.17, 15) is 18.8 Å². The number of amides is 2. The lowest BCUT2D eigenvalue weighted by Crippen LogP contribution is -2.50. The third kappa shape index (κ3) is 5.32. The van der Waals surface area contributed by atoms with Gasteiger partial charge in [-0.15, -0.1) is 5.10 Å². The maximum Gasteiger partial charge on any atom is 0.270 e. The predicted octanol–water partition coefficient (Wildman–Crippen LogP) is 2.67. The molecule has 3 aromatic heterocycles. The van der Waals surface area contributed by atoms with Crippen LogP contribution in [0.2, 0.25) is 0 Å². The predicted molar refractivity (Wildman–Crippen MR) is 132 cm³/mol. The molecule has 12 heteroatoms. The summed E-state index contributed by atoms with van der Waals surface area (Å²) in [4.78, 5) is 41.3. The van der Waals surface area contributed by atoms with E-state index in [-0.39, 0.29) is 35.2 Å². The van der Waals surface area contributed by atoms with E-state index < -0.39 is 23.5 Å². The van der Waals surface area contributed by atoms with Crippen LogP contribution in [0, 0.1) is 23.6 Å². The molecule has 37 heavy (non-hydrogen) atoms. The van der Waals surface area contributed by atoms with Gasteiger partial charge in [0.1, 0.15) is 17.6 Å². The Morgan fingerprint density at radius 1 is 1.16 bits per heavy atom. The molecule has 3 heterocycles. The van der Waals surface area contributed by atoms with Crippen LogP contribution in [0.4, 0.5) is 10.2 Å². The van der Waals surface area contributed by atoms with Gasteiger partial charge < -0.3 is 15.6 Å². The molecular formula is C25H31FN8O3. The highest BCUT2D eigenvalue weighted by molar-refractivity contribution is 6.00. The summed E-state index contributed by atoms with van der Waals surface area (Å²) < 4.78 is 16.7. The van der Waals surface area contributed by atoms with Gasteiger partial charge in [-0.25, -0.2) is 9.07 Å². The van der Waals surface area contributed by atoms with Crippen molar-refractivity contribution in [2.75, 3.05) is 5.32 Å². The average Bonchev–Trinajstić information content (AvgIpc) is 3.78. The Morgan fingerprint density at radius 2 is 1.86 bits per heavy atom. The van der Waals surface area contributed by atoms with E-state index in [1.54, 1.807) is 23.9 Å². The van der Waals surface area contributed by atoms with Gasteiger partial charge in [0.25, 0.3) is 11.5 Å². The molecule has 196 valence electrons. The molecule has 0 saturated heterocycles. The zero-order valence-corrected chi connectivity index (χ0v) is 21.0. The van der Waals surface area contributed by atoms with Gasteiger partial charge in [-0.2, -0.15) is 5.10 Å². The number of hydrogen-bond acceptors (Lipinski definition) is 6. The average molecular weight is 511 g/mol. The lowest BCUT2D eigenvalue weighted by Gasteiger charge is -2.27. The van der Waals surface area contributed by atoms with Gasteiger partial charge in [-0.05, 0) is 76.3 Å². The summed E-state index contributed by atoms with van der Waals surface area (Å²) in [5, 5.41) is 18.1. The van der Waals surface area contributed by atoms with E-state index in [0.717, 1.165) is 37.9 Å². The van der Waals surface area contributed by atoms with E-state index in [0.29, 0.717) is 17.5 Å². The highest BCUT2D eigenvalue weighted by atomic mass is 19.1. The van der Waals surface area contributed by atoms with Gasteiger partial charge in [-0.3, -0.25) is 19.1 Å². The number of aromatic amines is 1. The number of carbonyl (C=O) groups excluding carboxylic acids is 2. The van der Waals surface area contributed by atoms with Crippen molar-refractivity contribution >= 4 is 17.6 Å². The molecule has 5 rings (SSSR count). The number of anilines is 1. The number of rotatable bonds is 10. The molecule has 0 spiro atoms. The zero-order chi connectivity index (χ0) is 26.3. The Kier molecular flexibility index (Phi) is 6.65. The van der Waals surface area contributed by atoms with Crippen molar-refractivity contribution in [1.82, 2.24) is 35.1 Å². The molecule has 3 aromatic rings. The maximum atomic E-state index is 13.7. The zero-order valence-electron chi connectivity index (χ0n) is 21.0. The van der Waals surface area contributed by atoms with E-state index in [2.05, 4.69) is 31.0 Å². The minimum absolute atomic E-state index is 0.00644. The molecular weight excluding hydrogens is 479 g/mol. The Morgan fingerprint density at radius 3 is 2.51 bits per heavy atom. The number of H-pyrrole nitrogens is 1. The third-order valence-electron chi connectivity index (χ3n) is 7.18. The first-order chi connectivity index (χ1) is 17.7. The smallest absolute Gasteiger partial charge is 0.270 e. The Labute approximate surface area is 212 Å². The van der Waals surface area contributed by atoms with E-state index in [1.807, 2.05) is 13.8 Å². The summed E-state index contributed by atoms with van der Waals surface area (Å²) in [6.07, 6.45) is 8.22. The van der Waals surface area contributed by atoms with E-state index >= 15 is 0 Å². The standard InChI is InChI=1S/C25H31FN8O3/c1-13(2)34-19(8-9-28-34)24(36)30-22(21(15-4-5-15)16-6-7-16)25(37)29-20-12-33(32-31-20)14(3)18-10-17(26)11-27-23(18)35/h8-16,21-22H,4-7H2,1-3H3,(H,27,35)(H,29,37)(H,30,36)/t14?,22-/m0/s1. The molecule has 2 atom stereocenters. The first kappa shape index (κ1) is 24.8. The monoisotopic (exact) mass is 510 g/mol. The summed E-state index contributed by atoms with van der Waals surface area (Å²) in [6, 6.07) is 1.43. The van der Waals surface area contributed by atoms with Gasteiger partial charge in [0.05, 0.1) is 12.2 Å². The van der Waals surface area contributed by atoms with Gasteiger partial charge in [0.15, 0.2) is 5.82 Å². The van der Waals surface area contributed by atoms with Crippen molar-refractivity contribution in [3.8, 4) is 0 Å². The fraction of sp³-hybridized carbons (Fsp3) is 0.520. The second kappa shape index (κ2) is 9.91. The van der Waals surface area contributed by atoms with Crippen LogP contribution in [0.5, 0.6) is 0 Å². The van der Waals surface area contributed by atoms with Crippen LogP contribution in [0.25, 0.3) is 0 Å². The molecule has 2 amide bonds. The van der Waals surface area contributed by atoms with Gasteiger partial charge in [0.2, 0.25) is 5.91 Å². The Hall–Kier alpha value is -3.83. The first-order valence-electron chi connectivity index (χ1n) is 12.7. The summed E-state index contributed by atoms with van der Waals surface area (Å²) in [7, 11) is 0. The fourth-order valence-corrected chi connectivity index (χ4v) is 5.00. The van der Waals surface area contributed by atoms with Gasteiger partial charge in [0, 0.05) is 24.0 Å². The van der Waals surface area contributed by atoms with Crippen LogP contribution in [0.15, 0.2) is 35.5 Å². The molecule has 2 aliphatic carbocycles. The summed E-state index contributed by atoms with van der Waals surface area (Å²) >= 11 is 0. The number of hydrogen-bond donors (Lipinski definition) is 3. The number of halogens is 1. The lowest BCUT2D eigenvalue weighted by atomic mass is 9.88. The summed E-state index contributed by atoms with van der Waals surface area (Å²) in [5.74, 6) is -0.265. The highest BCUT2D eigenvalue weighted by Gasteiger charge is 2.48. The van der Waals surface area contributed by atoms with Crippen molar-refractivity contribution in [1.29, 1.82) is 0 Å². The van der Waals surface area contributed by atoms with Crippen LogP contribution in [0.1, 0.15) is 74.6 Å². The van der Waals surface area contributed by atoms with Gasteiger partial charge in [-0.1, -0.05) is 5.21 Å². The molecule has 3 N–H and O–H groups in total. The topological polar surface area (TPSA) is 140 Å². The molecule has 0 aliphatic heterocycles. The van der Waals surface area contributed by atoms with E-state index in [4.69, 9.17) is 0 Å². The summed E-state index contributed by atoms with van der Waals surface area (Å²) in [5.41, 5.74) is 0.144. The van der Waals surface area contributed by atoms with Crippen molar-refractivity contribution in [3.63, 3.8) is 0 Å². The van der Waals surface area contributed by atoms with Crippen LogP contribution in [-0.2, 0) is 4.79 Å². The maximum absolute atomic E-state index is 13.7. The van der Waals surface area contributed by atoms with Crippen molar-refractivity contribution in [2.45, 2.75) is 64.6 Å². The quantitative estimate of drug-likeness (QED) is 0.383. The largest absolute Gasteiger partial charge is 0.339 e. The molecule has 2 aliphatic rings. The minimum atomic E-state index is -0.739. The number of aromatic nitrogens is 6. The molecule has 2 fully saturated rings. The molecule has 0 radical (unpaired) electrons. The second-order valence-corrected chi connectivity index (χ2v) is 10.3. The molecule has 11 nitrogen and oxygen atoms in total. The first-order valence-corrected chi connectivity index (χ1v) is 12.7. The van der Waals surface area contributed by atoms with Crippen molar-refractivity contribution in [3.05, 3.63) is 58.2 Å². The van der Waals surface area contributed by atoms with Crippen molar-refractivity contribution in [2.24, 2.45) is 17.8 Å². The number of nitrogens with one attached hydrogen (secondary N) is 3. The van der Waals surface area contributed by atoms with Gasteiger partial charge >= 0.3 is 0 Å². The highest BCUT2D eigenvalue weighted by Crippen LogP contribution is 2.50. The number of pyridine rings is 1. The normalized spacial score (nSPS) is 17.1. The summed E-state index contributed by atoms with van der Waals surface area (Å²) in [6.45, 7) is 5.56. The second-order valence-electron chi connectivity index (χ2n) is 10.3. The Bertz CT molecular complexity index is 1340.